The van der Waals surface area contributed by atoms with Crippen molar-refractivity contribution in [2.24, 2.45) is 0 Å². The first-order chi connectivity index (χ1) is 8.88. The lowest BCUT2D eigenvalue weighted by atomic mass is 9.97. The van der Waals surface area contributed by atoms with E-state index in [1.165, 1.54) is 32.2 Å². The zero-order valence-electron chi connectivity index (χ0n) is 10.6. The number of esters is 1. The SMILES string of the molecule is COC(=O)CC(O)C(O)c1cccc([N+](=O)[O-])c1C. The van der Waals surface area contributed by atoms with E-state index in [1.54, 1.807) is 0 Å². The molecule has 2 N–H and O–H groups in total. The van der Waals surface area contributed by atoms with E-state index in [2.05, 4.69) is 4.74 Å². The summed E-state index contributed by atoms with van der Waals surface area (Å²) >= 11 is 0. The normalized spacial score (nSPS) is 13.7. The Bertz CT molecular complexity index is 487. The number of carbonyl (C=O) groups is 1. The number of benzene rings is 1. The lowest BCUT2D eigenvalue weighted by molar-refractivity contribution is -0.385. The van der Waals surface area contributed by atoms with Crippen LogP contribution in [0.2, 0.25) is 0 Å². The molecule has 0 aliphatic heterocycles. The summed E-state index contributed by atoms with van der Waals surface area (Å²) in [6.07, 6.45) is -3.16. The van der Waals surface area contributed by atoms with Crippen molar-refractivity contribution in [1.82, 2.24) is 0 Å². The molecule has 7 heteroatoms. The molecule has 0 aliphatic carbocycles. The summed E-state index contributed by atoms with van der Waals surface area (Å²) in [5.41, 5.74) is 0.316. The Morgan fingerprint density at radius 1 is 1.47 bits per heavy atom. The molecule has 2 atom stereocenters. The third kappa shape index (κ3) is 3.49. The minimum absolute atomic E-state index is 0.151. The third-order valence-electron chi connectivity index (χ3n) is 2.83. The Labute approximate surface area is 109 Å². The third-order valence-corrected chi connectivity index (χ3v) is 2.83. The second-order valence-corrected chi connectivity index (χ2v) is 4.04. The topological polar surface area (TPSA) is 110 Å². The summed E-state index contributed by atoms with van der Waals surface area (Å²) in [6, 6.07) is 4.18. The number of nitro groups is 1. The first-order valence-corrected chi connectivity index (χ1v) is 5.55. The summed E-state index contributed by atoms with van der Waals surface area (Å²) in [5, 5.41) is 30.4. The maximum Gasteiger partial charge on any atom is 0.308 e. The zero-order chi connectivity index (χ0) is 14.6. The molecule has 1 aromatic carbocycles. The Balaban J connectivity index is 2.99. The van der Waals surface area contributed by atoms with Crippen LogP contribution in [0.5, 0.6) is 0 Å². The number of methoxy groups -OCH3 is 1. The number of aliphatic hydroxyl groups excluding tert-OH is 2. The van der Waals surface area contributed by atoms with Crippen molar-refractivity contribution in [3.63, 3.8) is 0 Å². The Morgan fingerprint density at radius 2 is 2.11 bits per heavy atom. The van der Waals surface area contributed by atoms with Gasteiger partial charge in [-0.15, -0.1) is 0 Å². The van der Waals surface area contributed by atoms with Crippen molar-refractivity contribution >= 4 is 11.7 Å². The molecule has 0 aliphatic rings. The van der Waals surface area contributed by atoms with E-state index in [1.807, 2.05) is 0 Å². The molecule has 0 heterocycles. The van der Waals surface area contributed by atoms with Gasteiger partial charge >= 0.3 is 5.97 Å². The van der Waals surface area contributed by atoms with Crippen LogP contribution in [0.25, 0.3) is 0 Å². The minimum Gasteiger partial charge on any atom is -0.469 e. The largest absolute Gasteiger partial charge is 0.469 e. The maximum absolute atomic E-state index is 11.0. The van der Waals surface area contributed by atoms with Gasteiger partial charge in [-0.05, 0) is 12.5 Å². The van der Waals surface area contributed by atoms with E-state index in [4.69, 9.17) is 0 Å². The van der Waals surface area contributed by atoms with Gasteiger partial charge in [0.2, 0.25) is 0 Å². The van der Waals surface area contributed by atoms with Crippen LogP contribution in [0.1, 0.15) is 23.7 Å². The van der Waals surface area contributed by atoms with Gasteiger partial charge in [0.05, 0.1) is 24.6 Å². The maximum atomic E-state index is 11.0. The highest BCUT2D eigenvalue weighted by Gasteiger charge is 2.25. The predicted octanol–water partition coefficient (Wildman–Crippen LogP) is 0.861. The molecule has 0 radical (unpaired) electrons. The quantitative estimate of drug-likeness (QED) is 0.466. The fraction of sp³-hybridized carbons (Fsp3) is 0.417. The van der Waals surface area contributed by atoms with Gasteiger partial charge in [-0.1, -0.05) is 12.1 Å². The highest BCUT2D eigenvalue weighted by Crippen LogP contribution is 2.28. The molecule has 0 amide bonds. The van der Waals surface area contributed by atoms with Crippen LogP contribution in [0.15, 0.2) is 18.2 Å². The Morgan fingerprint density at radius 3 is 2.63 bits per heavy atom. The molecule has 0 saturated carbocycles. The van der Waals surface area contributed by atoms with Crippen LogP contribution in [0.4, 0.5) is 5.69 Å². The molecule has 0 spiro atoms. The minimum atomic E-state index is -1.39. The highest BCUT2D eigenvalue weighted by molar-refractivity contribution is 5.69. The van der Waals surface area contributed by atoms with Crippen LogP contribution in [-0.4, -0.2) is 34.3 Å². The van der Waals surface area contributed by atoms with Gasteiger partial charge in [0.1, 0.15) is 6.10 Å². The lowest BCUT2D eigenvalue weighted by Crippen LogP contribution is -2.23. The molecule has 19 heavy (non-hydrogen) atoms. The lowest BCUT2D eigenvalue weighted by Gasteiger charge is -2.18. The van der Waals surface area contributed by atoms with Gasteiger partial charge in [-0.3, -0.25) is 14.9 Å². The van der Waals surface area contributed by atoms with E-state index in [-0.39, 0.29) is 23.2 Å². The van der Waals surface area contributed by atoms with Crippen molar-refractivity contribution in [2.45, 2.75) is 25.6 Å². The van der Waals surface area contributed by atoms with Gasteiger partial charge in [0.15, 0.2) is 0 Å². The molecule has 2 unspecified atom stereocenters. The van der Waals surface area contributed by atoms with Crippen molar-refractivity contribution in [3.8, 4) is 0 Å². The van der Waals surface area contributed by atoms with Gasteiger partial charge < -0.3 is 14.9 Å². The summed E-state index contributed by atoms with van der Waals surface area (Å²) in [5.74, 6) is -0.672. The molecule has 1 aromatic rings. The number of nitro benzene ring substituents is 1. The van der Waals surface area contributed by atoms with Gasteiger partial charge in [0.25, 0.3) is 5.69 Å². The average Bonchev–Trinajstić information content (AvgIpc) is 2.37. The van der Waals surface area contributed by atoms with Crippen LogP contribution in [0, 0.1) is 17.0 Å². The van der Waals surface area contributed by atoms with E-state index in [9.17, 15) is 25.1 Å². The first-order valence-electron chi connectivity index (χ1n) is 5.55. The number of hydrogen-bond donors (Lipinski definition) is 2. The van der Waals surface area contributed by atoms with Gasteiger partial charge in [0, 0.05) is 11.6 Å². The molecular formula is C12H15NO6. The summed E-state index contributed by atoms with van der Waals surface area (Å²) in [4.78, 5) is 21.2. The Kier molecular flexibility index (Phi) is 4.96. The summed E-state index contributed by atoms with van der Waals surface area (Å²) < 4.78 is 4.38. The van der Waals surface area contributed by atoms with E-state index >= 15 is 0 Å². The van der Waals surface area contributed by atoms with Crippen LogP contribution in [-0.2, 0) is 9.53 Å². The Hall–Kier alpha value is -1.99. The summed E-state index contributed by atoms with van der Waals surface area (Å²) in [7, 11) is 1.17. The molecule has 7 nitrogen and oxygen atoms in total. The second-order valence-electron chi connectivity index (χ2n) is 4.04. The van der Waals surface area contributed by atoms with E-state index < -0.39 is 23.1 Å². The number of carbonyl (C=O) groups excluding carboxylic acids is 1. The molecule has 0 saturated heterocycles. The monoisotopic (exact) mass is 269 g/mol. The fourth-order valence-electron chi connectivity index (χ4n) is 1.73. The van der Waals surface area contributed by atoms with Crippen LogP contribution in [0.3, 0.4) is 0 Å². The predicted molar refractivity (Wildman–Crippen MR) is 65.4 cm³/mol. The van der Waals surface area contributed by atoms with E-state index in [0.717, 1.165) is 0 Å². The highest BCUT2D eigenvalue weighted by atomic mass is 16.6. The number of ether oxygens (including phenoxy) is 1. The van der Waals surface area contributed by atoms with Gasteiger partial charge in [-0.25, -0.2) is 0 Å². The summed E-state index contributed by atoms with van der Waals surface area (Å²) in [6.45, 7) is 1.47. The van der Waals surface area contributed by atoms with Crippen molar-refractivity contribution < 1.29 is 24.7 Å². The molecular weight excluding hydrogens is 254 g/mol. The number of rotatable bonds is 5. The molecule has 0 bridgehead atoms. The van der Waals surface area contributed by atoms with Crippen molar-refractivity contribution in [1.29, 1.82) is 0 Å². The van der Waals surface area contributed by atoms with Gasteiger partial charge in [-0.2, -0.15) is 0 Å². The number of nitrogens with zero attached hydrogens (tertiary/aromatic N) is 1. The van der Waals surface area contributed by atoms with E-state index in [0.29, 0.717) is 0 Å². The molecule has 104 valence electrons. The average molecular weight is 269 g/mol. The van der Waals surface area contributed by atoms with Crippen LogP contribution < -0.4 is 0 Å². The zero-order valence-corrected chi connectivity index (χ0v) is 10.6. The smallest absolute Gasteiger partial charge is 0.308 e. The molecule has 1 rings (SSSR count). The fourth-order valence-corrected chi connectivity index (χ4v) is 1.73. The molecule has 0 fully saturated rings. The van der Waals surface area contributed by atoms with Crippen molar-refractivity contribution in [3.05, 3.63) is 39.4 Å². The first kappa shape index (κ1) is 15.1. The molecule has 0 aromatic heterocycles. The number of hydrogen-bond acceptors (Lipinski definition) is 6. The second kappa shape index (κ2) is 6.26. The van der Waals surface area contributed by atoms with Crippen LogP contribution >= 0.6 is 0 Å². The standard InChI is InChI=1S/C12H15NO6/c1-7-8(4-3-5-9(7)13(17)18)12(16)10(14)6-11(15)19-2/h3-5,10,12,14,16H,6H2,1-2H3. The van der Waals surface area contributed by atoms with Crippen molar-refractivity contribution in [2.75, 3.05) is 7.11 Å². The number of aliphatic hydroxyl groups is 2.